The first-order valence-electron chi connectivity index (χ1n) is 17.0. The topological polar surface area (TPSA) is 117 Å². The van der Waals surface area contributed by atoms with Crippen LogP contribution in [0.5, 0.6) is 0 Å². The van der Waals surface area contributed by atoms with Gasteiger partial charge in [0.2, 0.25) is 0 Å². The Bertz CT molecular complexity index is 2190. The number of nitrogens with zero attached hydrogens (tertiary/aromatic N) is 4. The summed E-state index contributed by atoms with van der Waals surface area (Å²) in [5.41, 5.74) is 4.00. The largest absolute Gasteiger partial charge is 0.380 e. The zero-order chi connectivity index (χ0) is 36.0. The van der Waals surface area contributed by atoms with E-state index in [2.05, 4.69) is 25.5 Å². The summed E-state index contributed by atoms with van der Waals surface area (Å²) in [6, 6.07) is 17.2. The molecule has 8 rings (SSSR count). The first-order chi connectivity index (χ1) is 25.2. The van der Waals surface area contributed by atoms with E-state index >= 15 is 0 Å². The second-order valence-corrected chi connectivity index (χ2v) is 14.5. The molecule has 6 heterocycles. The molecule has 0 bridgehead atoms. The highest BCUT2D eigenvalue weighted by molar-refractivity contribution is 7.17. The average Bonchev–Trinajstić information content (AvgIpc) is 3.51. The van der Waals surface area contributed by atoms with Crippen LogP contribution in [0, 0.1) is 24.0 Å². The van der Waals surface area contributed by atoms with Crippen LogP contribution in [0.4, 0.5) is 31.7 Å². The van der Waals surface area contributed by atoms with Gasteiger partial charge in [-0.15, -0.1) is 11.3 Å². The summed E-state index contributed by atoms with van der Waals surface area (Å²) < 4.78 is 33.9. The van der Waals surface area contributed by atoms with Crippen LogP contribution in [0.1, 0.15) is 54.4 Å². The molecule has 3 aliphatic heterocycles. The maximum absolute atomic E-state index is 14.2. The predicted molar refractivity (Wildman–Crippen MR) is 195 cm³/mol. The third-order valence-corrected chi connectivity index (χ3v) is 11.1. The molecular formula is C39H34F2N6O4S. The fourth-order valence-corrected chi connectivity index (χ4v) is 8.09. The highest BCUT2D eigenvalue weighted by Gasteiger charge is 2.42. The van der Waals surface area contributed by atoms with E-state index in [1.165, 1.54) is 6.07 Å². The van der Waals surface area contributed by atoms with Crippen LogP contribution in [0.25, 0.3) is 10.6 Å². The van der Waals surface area contributed by atoms with Gasteiger partial charge in [0.1, 0.15) is 28.8 Å². The molecular weight excluding hydrogens is 687 g/mol. The smallest absolute Gasteiger partial charge is 0.265 e. The number of rotatable bonds is 6. The fraction of sp³-hybridized carbons (Fsp3) is 0.256. The van der Waals surface area contributed by atoms with Crippen molar-refractivity contribution in [1.29, 1.82) is 0 Å². The van der Waals surface area contributed by atoms with Crippen LogP contribution in [0.15, 0.2) is 79.1 Å². The maximum Gasteiger partial charge on any atom is 0.265 e. The number of aromatic nitrogens is 2. The third-order valence-electron chi connectivity index (χ3n) is 9.95. The predicted octanol–water partition coefficient (Wildman–Crippen LogP) is 7.12. The summed E-state index contributed by atoms with van der Waals surface area (Å²) in [5.74, 6) is -2.24. The van der Waals surface area contributed by atoms with Crippen molar-refractivity contribution in [3.8, 4) is 10.6 Å². The lowest BCUT2D eigenvalue weighted by molar-refractivity contribution is -0.124. The van der Waals surface area contributed by atoms with Crippen LogP contribution in [-0.4, -0.2) is 60.5 Å². The number of anilines is 4. The van der Waals surface area contributed by atoms with Gasteiger partial charge in [0.05, 0.1) is 34.2 Å². The Labute approximate surface area is 302 Å². The van der Waals surface area contributed by atoms with Gasteiger partial charge in [0, 0.05) is 48.7 Å². The maximum atomic E-state index is 14.2. The van der Waals surface area contributed by atoms with Crippen LogP contribution in [-0.2, 0) is 11.2 Å². The number of pyridine rings is 2. The van der Waals surface area contributed by atoms with Gasteiger partial charge in [-0.1, -0.05) is 6.07 Å². The monoisotopic (exact) mass is 720 g/mol. The number of thiophene rings is 1. The van der Waals surface area contributed by atoms with E-state index in [9.17, 15) is 23.2 Å². The number of carbonyl (C=O) groups is 3. The number of carbonyl (C=O) groups excluding carboxylic acids is 3. The molecule has 2 N–H and O–H groups in total. The van der Waals surface area contributed by atoms with Crippen LogP contribution >= 0.6 is 11.3 Å². The molecule has 5 aromatic rings. The second kappa shape index (κ2) is 13.5. The number of nitrogens with one attached hydrogen (secondary N) is 2. The zero-order valence-corrected chi connectivity index (χ0v) is 29.1. The van der Waals surface area contributed by atoms with Crippen molar-refractivity contribution >= 4 is 51.9 Å². The normalized spacial score (nSPS) is 16.0. The Hall–Kier alpha value is -5.53. The van der Waals surface area contributed by atoms with Crippen molar-refractivity contribution in [2.75, 3.05) is 53.3 Å². The summed E-state index contributed by atoms with van der Waals surface area (Å²) in [5, 5.41) is 5.33. The van der Waals surface area contributed by atoms with Gasteiger partial charge in [-0.3, -0.25) is 19.4 Å². The molecule has 0 aliphatic carbocycles. The Morgan fingerprint density at radius 1 is 0.885 bits per heavy atom. The lowest BCUT2D eigenvalue weighted by Gasteiger charge is -2.47. The van der Waals surface area contributed by atoms with Crippen molar-refractivity contribution in [3.05, 3.63) is 118 Å². The van der Waals surface area contributed by atoms with E-state index in [1.807, 2.05) is 13.0 Å². The number of hydrogen-bond acceptors (Lipinski definition) is 8. The SMILES string of the molecule is Cc1cnc(N2CCC3(CC2)COC3)c(C(=O)Nc2ccc(C(=O)N3CCc4cc(C(=O)Nc5c(F)cccc5F)sc4-c4ncccc43)cc2)c1. The molecule has 3 aliphatic rings. The third kappa shape index (κ3) is 6.30. The molecule has 10 nitrogen and oxygen atoms in total. The number of aryl methyl sites for hydroxylation is 1. The molecule has 3 amide bonds. The molecule has 0 saturated carbocycles. The van der Waals surface area contributed by atoms with Gasteiger partial charge in [0.25, 0.3) is 17.7 Å². The Kier molecular flexibility index (Phi) is 8.76. The van der Waals surface area contributed by atoms with Gasteiger partial charge in [-0.05, 0) is 98.0 Å². The number of benzene rings is 2. The number of hydrogen-bond donors (Lipinski definition) is 2. The van der Waals surface area contributed by atoms with Crippen molar-refractivity contribution in [2.45, 2.75) is 26.2 Å². The average molecular weight is 721 g/mol. The van der Waals surface area contributed by atoms with Gasteiger partial charge < -0.3 is 25.2 Å². The first-order valence-corrected chi connectivity index (χ1v) is 17.9. The summed E-state index contributed by atoms with van der Waals surface area (Å²) in [6.07, 6.45) is 5.82. The molecule has 3 aromatic heterocycles. The Balaban J connectivity index is 0.978. The molecule has 2 aromatic carbocycles. The quantitative estimate of drug-likeness (QED) is 0.192. The van der Waals surface area contributed by atoms with Crippen molar-refractivity contribution in [1.82, 2.24) is 9.97 Å². The molecule has 1 spiro atoms. The van der Waals surface area contributed by atoms with Crippen molar-refractivity contribution in [3.63, 3.8) is 0 Å². The number of amides is 3. The molecule has 2 saturated heterocycles. The molecule has 0 unspecified atom stereocenters. The fourth-order valence-electron chi connectivity index (χ4n) is 6.98. The molecule has 0 atom stereocenters. The number of fused-ring (bicyclic) bond motifs is 3. The number of ether oxygens (including phenoxy) is 1. The minimum Gasteiger partial charge on any atom is -0.380 e. The van der Waals surface area contributed by atoms with Crippen molar-refractivity contribution in [2.24, 2.45) is 5.41 Å². The molecule has 52 heavy (non-hydrogen) atoms. The Morgan fingerprint density at radius 2 is 1.63 bits per heavy atom. The van der Waals surface area contributed by atoms with E-state index in [0.717, 1.165) is 73.7 Å². The first kappa shape index (κ1) is 33.6. The Morgan fingerprint density at radius 3 is 2.35 bits per heavy atom. The van der Waals surface area contributed by atoms with E-state index in [4.69, 9.17) is 4.74 Å². The highest BCUT2D eigenvalue weighted by atomic mass is 32.1. The van der Waals surface area contributed by atoms with Gasteiger partial charge in [-0.2, -0.15) is 0 Å². The van der Waals surface area contributed by atoms with E-state index < -0.39 is 23.2 Å². The molecule has 264 valence electrons. The van der Waals surface area contributed by atoms with Crippen molar-refractivity contribution < 1.29 is 27.9 Å². The summed E-state index contributed by atoms with van der Waals surface area (Å²) in [7, 11) is 0. The second-order valence-electron chi connectivity index (χ2n) is 13.5. The summed E-state index contributed by atoms with van der Waals surface area (Å²) in [6.45, 7) is 5.44. The molecule has 13 heteroatoms. The minimum atomic E-state index is -0.869. The minimum absolute atomic E-state index is 0.250. The standard InChI is InChI=1S/C39H34F2N6O4S/c1-23-18-27(35(43-20-23)46-16-12-39(13-17-46)21-51-22-39)36(48)44-26-9-7-24(8-10-26)38(50)47-15-11-25-19-31(52-34(25)33-30(47)6-3-14-42-33)37(49)45-32-28(40)4-2-5-29(32)41/h2-10,14,18-20H,11-13,15-17,21-22H2,1H3,(H,44,48)(H,45,49). The zero-order valence-electron chi connectivity index (χ0n) is 28.2. The van der Waals surface area contributed by atoms with E-state index in [1.54, 1.807) is 59.8 Å². The van der Waals surface area contributed by atoms with Crippen LogP contribution < -0.4 is 20.4 Å². The highest BCUT2D eigenvalue weighted by Crippen LogP contribution is 2.42. The van der Waals surface area contributed by atoms with Crippen LogP contribution in [0.3, 0.4) is 0 Å². The van der Waals surface area contributed by atoms with Gasteiger partial charge >= 0.3 is 0 Å². The summed E-state index contributed by atoms with van der Waals surface area (Å²) in [4.78, 5) is 54.6. The van der Waals surface area contributed by atoms with E-state index in [0.29, 0.717) is 51.9 Å². The van der Waals surface area contributed by atoms with Crippen LogP contribution in [0.2, 0.25) is 0 Å². The lowest BCUT2D eigenvalue weighted by Crippen LogP contribution is -2.51. The number of piperidine rings is 1. The summed E-state index contributed by atoms with van der Waals surface area (Å²) >= 11 is 1.15. The number of para-hydroxylation sites is 1. The lowest BCUT2D eigenvalue weighted by atomic mass is 9.77. The van der Waals surface area contributed by atoms with Gasteiger partial charge in [0.15, 0.2) is 0 Å². The van der Waals surface area contributed by atoms with E-state index in [-0.39, 0.29) is 22.1 Å². The molecule has 2 fully saturated rings. The number of halogens is 2. The van der Waals surface area contributed by atoms with Gasteiger partial charge in [-0.25, -0.2) is 13.8 Å². The molecule has 0 radical (unpaired) electrons.